The van der Waals surface area contributed by atoms with Crippen molar-refractivity contribution in [1.82, 2.24) is 14.7 Å². The van der Waals surface area contributed by atoms with Crippen LogP contribution in [0, 0.1) is 0 Å². The molecule has 0 aromatic heterocycles. The Morgan fingerprint density at radius 3 is 2.24 bits per heavy atom. The lowest BCUT2D eigenvalue weighted by Gasteiger charge is -2.34. The van der Waals surface area contributed by atoms with Crippen LogP contribution in [-0.2, 0) is 11.3 Å². The number of carbonyl (C=O) groups is 1. The molecular formula is C20H31N3O2. The molecule has 1 aromatic carbocycles. The van der Waals surface area contributed by atoms with Gasteiger partial charge in [0.25, 0.3) is 5.91 Å². The van der Waals surface area contributed by atoms with Crippen LogP contribution in [0.25, 0.3) is 0 Å². The van der Waals surface area contributed by atoms with Crippen molar-refractivity contribution in [2.45, 2.75) is 25.8 Å². The number of benzene rings is 1. The average Bonchev–Trinajstić information content (AvgIpc) is 2.68. The number of amides is 1. The Kier molecular flexibility index (Phi) is 6.84. The standard InChI is InChI=1S/C20H31N3O2/c1-25-16-15-21-11-13-23(14-12-21)20(24)19-7-5-18(6-8-19)17-22-9-3-2-4-10-22/h5-8H,2-4,9-17H2,1H3. The van der Waals surface area contributed by atoms with Gasteiger partial charge in [-0.2, -0.15) is 0 Å². The van der Waals surface area contributed by atoms with Gasteiger partial charge in [0.1, 0.15) is 0 Å². The minimum atomic E-state index is 0.163. The van der Waals surface area contributed by atoms with E-state index in [1.54, 1.807) is 7.11 Å². The van der Waals surface area contributed by atoms with Gasteiger partial charge < -0.3 is 9.64 Å². The normalized spacial score (nSPS) is 20.0. The zero-order valence-corrected chi connectivity index (χ0v) is 15.5. The lowest BCUT2D eigenvalue weighted by Crippen LogP contribution is -2.49. The number of rotatable bonds is 6. The van der Waals surface area contributed by atoms with Gasteiger partial charge in [-0.1, -0.05) is 18.6 Å². The Morgan fingerprint density at radius 1 is 0.920 bits per heavy atom. The predicted molar refractivity (Wildman–Crippen MR) is 99.8 cm³/mol. The highest BCUT2D eigenvalue weighted by molar-refractivity contribution is 5.94. The Labute approximate surface area is 151 Å². The summed E-state index contributed by atoms with van der Waals surface area (Å²) in [5.41, 5.74) is 2.12. The summed E-state index contributed by atoms with van der Waals surface area (Å²) < 4.78 is 5.13. The molecule has 0 radical (unpaired) electrons. The molecule has 0 N–H and O–H groups in total. The van der Waals surface area contributed by atoms with Crippen molar-refractivity contribution in [3.05, 3.63) is 35.4 Å². The second-order valence-electron chi connectivity index (χ2n) is 7.16. The third-order valence-corrected chi connectivity index (χ3v) is 5.33. The SMILES string of the molecule is COCCN1CCN(C(=O)c2ccc(CN3CCCCC3)cc2)CC1. The van der Waals surface area contributed by atoms with E-state index in [0.717, 1.165) is 51.4 Å². The largest absolute Gasteiger partial charge is 0.383 e. The van der Waals surface area contributed by atoms with E-state index in [4.69, 9.17) is 4.74 Å². The van der Waals surface area contributed by atoms with Crippen molar-refractivity contribution in [2.75, 3.05) is 59.5 Å². The maximum Gasteiger partial charge on any atom is 0.253 e. The minimum Gasteiger partial charge on any atom is -0.383 e. The molecule has 2 aliphatic heterocycles. The molecule has 5 nitrogen and oxygen atoms in total. The third kappa shape index (κ3) is 5.27. The molecule has 2 fully saturated rings. The zero-order chi connectivity index (χ0) is 17.5. The summed E-state index contributed by atoms with van der Waals surface area (Å²) >= 11 is 0. The number of likely N-dealkylation sites (tertiary alicyclic amines) is 1. The Hall–Kier alpha value is -1.43. The second kappa shape index (κ2) is 9.32. The summed E-state index contributed by atoms with van der Waals surface area (Å²) in [6, 6.07) is 8.24. The molecular weight excluding hydrogens is 314 g/mol. The van der Waals surface area contributed by atoms with E-state index in [9.17, 15) is 4.79 Å². The lowest BCUT2D eigenvalue weighted by molar-refractivity contribution is 0.0594. The Balaban J connectivity index is 1.49. The van der Waals surface area contributed by atoms with Gasteiger partial charge in [0, 0.05) is 51.9 Å². The first kappa shape index (κ1) is 18.4. The molecule has 0 bridgehead atoms. The smallest absolute Gasteiger partial charge is 0.253 e. The van der Waals surface area contributed by atoms with E-state index in [-0.39, 0.29) is 5.91 Å². The van der Waals surface area contributed by atoms with Crippen LogP contribution in [0.4, 0.5) is 0 Å². The summed E-state index contributed by atoms with van der Waals surface area (Å²) in [5, 5.41) is 0. The number of carbonyl (C=O) groups excluding carboxylic acids is 1. The molecule has 25 heavy (non-hydrogen) atoms. The molecule has 0 unspecified atom stereocenters. The van der Waals surface area contributed by atoms with Crippen LogP contribution in [0.1, 0.15) is 35.2 Å². The van der Waals surface area contributed by atoms with Gasteiger partial charge in [-0.3, -0.25) is 14.6 Å². The highest BCUT2D eigenvalue weighted by Crippen LogP contribution is 2.15. The number of piperidine rings is 1. The zero-order valence-electron chi connectivity index (χ0n) is 15.5. The molecule has 3 rings (SSSR count). The molecule has 0 spiro atoms. The molecule has 0 aliphatic carbocycles. The van der Waals surface area contributed by atoms with Gasteiger partial charge in [-0.05, 0) is 43.6 Å². The summed E-state index contributed by atoms with van der Waals surface area (Å²) in [5.74, 6) is 0.163. The van der Waals surface area contributed by atoms with Crippen molar-refractivity contribution in [3.63, 3.8) is 0 Å². The molecule has 138 valence electrons. The van der Waals surface area contributed by atoms with Crippen LogP contribution < -0.4 is 0 Å². The van der Waals surface area contributed by atoms with Gasteiger partial charge in [0.05, 0.1) is 6.61 Å². The van der Waals surface area contributed by atoms with E-state index in [1.165, 1.54) is 37.9 Å². The molecule has 2 aliphatic rings. The third-order valence-electron chi connectivity index (χ3n) is 5.33. The first-order valence-electron chi connectivity index (χ1n) is 9.58. The number of hydrogen-bond donors (Lipinski definition) is 0. The number of ether oxygens (including phenoxy) is 1. The van der Waals surface area contributed by atoms with Crippen LogP contribution in [0.3, 0.4) is 0 Å². The first-order valence-corrected chi connectivity index (χ1v) is 9.58. The van der Waals surface area contributed by atoms with Crippen LogP contribution in [0.5, 0.6) is 0 Å². The van der Waals surface area contributed by atoms with E-state index in [1.807, 2.05) is 17.0 Å². The summed E-state index contributed by atoms with van der Waals surface area (Å²) in [4.78, 5) is 19.5. The summed E-state index contributed by atoms with van der Waals surface area (Å²) in [6.07, 6.45) is 3.99. The summed E-state index contributed by atoms with van der Waals surface area (Å²) in [6.45, 7) is 8.59. The second-order valence-corrected chi connectivity index (χ2v) is 7.16. The van der Waals surface area contributed by atoms with E-state index in [0.29, 0.717) is 0 Å². The maximum atomic E-state index is 12.7. The highest BCUT2D eigenvalue weighted by atomic mass is 16.5. The number of nitrogens with zero attached hydrogens (tertiary/aromatic N) is 3. The number of methoxy groups -OCH3 is 1. The van der Waals surface area contributed by atoms with Gasteiger partial charge in [-0.25, -0.2) is 0 Å². The van der Waals surface area contributed by atoms with Crippen molar-refractivity contribution < 1.29 is 9.53 Å². The topological polar surface area (TPSA) is 36.0 Å². The van der Waals surface area contributed by atoms with Crippen molar-refractivity contribution in [1.29, 1.82) is 0 Å². The van der Waals surface area contributed by atoms with E-state index in [2.05, 4.69) is 21.9 Å². The van der Waals surface area contributed by atoms with Crippen molar-refractivity contribution in [3.8, 4) is 0 Å². The number of piperazine rings is 1. The highest BCUT2D eigenvalue weighted by Gasteiger charge is 2.22. The van der Waals surface area contributed by atoms with Crippen LogP contribution in [0.2, 0.25) is 0 Å². The molecule has 0 saturated carbocycles. The molecule has 1 amide bonds. The number of hydrogen-bond acceptors (Lipinski definition) is 4. The van der Waals surface area contributed by atoms with Gasteiger partial charge in [0.2, 0.25) is 0 Å². The molecule has 5 heteroatoms. The van der Waals surface area contributed by atoms with Gasteiger partial charge >= 0.3 is 0 Å². The minimum absolute atomic E-state index is 0.163. The predicted octanol–water partition coefficient (Wildman–Crippen LogP) is 2.08. The van der Waals surface area contributed by atoms with Gasteiger partial charge in [0.15, 0.2) is 0 Å². The molecule has 1 aromatic rings. The van der Waals surface area contributed by atoms with E-state index >= 15 is 0 Å². The van der Waals surface area contributed by atoms with E-state index < -0.39 is 0 Å². The Bertz CT molecular complexity index is 532. The molecule has 2 heterocycles. The fourth-order valence-corrected chi connectivity index (χ4v) is 3.71. The van der Waals surface area contributed by atoms with Crippen molar-refractivity contribution >= 4 is 5.91 Å². The fourth-order valence-electron chi connectivity index (χ4n) is 3.71. The Morgan fingerprint density at radius 2 is 1.60 bits per heavy atom. The average molecular weight is 345 g/mol. The van der Waals surface area contributed by atoms with Crippen LogP contribution in [0.15, 0.2) is 24.3 Å². The quantitative estimate of drug-likeness (QED) is 0.791. The van der Waals surface area contributed by atoms with Gasteiger partial charge in [-0.15, -0.1) is 0 Å². The van der Waals surface area contributed by atoms with Crippen molar-refractivity contribution in [2.24, 2.45) is 0 Å². The lowest BCUT2D eigenvalue weighted by atomic mass is 10.1. The van der Waals surface area contributed by atoms with Crippen LogP contribution in [-0.4, -0.2) is 80.1 Å². The van der Waals surface area contributed by atoms with Crippen LogP contribution >= 0.6 is 0 Å². The monoisotopic (exact) mass is 345 g/mol. The first-order chi connectivity index (χ1) is 12.3. The fraction of sp³-hybridized carbons (Fsp3) is 0.650. The molecule has 0 atom stereocenters. The summed E-state index contributed by atoms with van der Waals surface area (Å²) in [7, 11) is 1.73. The molecule has 2 saturated heterocycles. The maximum absolute atomic E-state index is 12.7.